The zero-order valence-corrected chi connectivity index (χ0v) is 11.5. The minimum Gasteiger partial charge on any atom is -0.267 e. The average molecular weight is 327 g/mol. The summed E-state index contributed by atoms with van der Waals surface area (Å²) in [5.74, 6) is 0. The molecule has 0 radical (unpaired) electrons. The number of hydrogen-bond donors (Lipinski definition) is 0. The van der Waals surface area contributed by atoms with Crippen molar-refractivity contribution in [3.63, 3.8) is 0 Å². The van der Waals surface area contributed by atoms with Crippen LogP contribution in [0.5, 0.6) is 0 Å². The van der Waals surface area contributed by atoms with Crippen LogP contribution in [0.15, 0.2) is 23.0 Å². The molecule has 0 aliphatic heterocycles. The molecule has 8 heteroatoms. The number of aromatic nitrogens is 3. The van der Waals surface area contributed by atoms with Crippen LogP contribution in [0.2, 0.25) is 0 Å². The fourth-order valence-electron chi connectivity index (χ4n) is 1.68. The number of alkyl halides is 1. The number of non-ortho nitro benzene ring substituents is 1. The number of halogens is 1. The zero-order chi connectivity index (χ0) is 13.8. The SMILES string of the molecule is O=c1c2ccc([N+](=O)[O-])cc2nnn1CCCCBr. The molecule has 1 aromatic heterocycles. The molecule has 1 aromatic carbocycles. The Hall–Kier alpha value is -1.83. The Balaban J connectivity index is 2.39. The summed E-state index contributed by atoms with van der Waals surface area (Å²) < 4.78 is 1.29. The Morgan fingerprint density at radius 3 is 2.84 bits per heavy atom. The molecule has 0 N–H and O–H groups in total. The van der Waals surface area contributed by atoms with Gasteiger partial charge in [-0.15, -0.1) is 5.10 Å². The Morgan fingerprint density at radius 1 is 1.37 bits per heavy atom. The van der Waals surface area contributed by atoms with Crippen molar-refractivity contribution in [1.29, 1.82) is 0 Å². The van der Waals surface area contributed by atoms with Crippen LogP contribution in [0.25, 0.3) is 10.9 Å². The van der Waals surface area contributed by atoms with E-state index in [1.807, 2.05) is 0 Å². The van der Waals surface area contributed by atoms with Gasteiger partial charge in [-0.05, 0) is 18.9 Å². The van der Waals surface area contributed by atoms with Gasteiger partial charge < -0.3 is 0 Å². The first-order valence-electron chi connectivity index (χ1n) is 5.71. The van der Waals surface area contributed by atoms with Crippen molar-refractivity contribution in [1.82, 2.24) is 15.0 Å². The molecule has 0 saturated heterocycles. The van der Waals surface area contributed by atoms with Gasteiger partial charge in [0.1, 0.15) is 5.52 Å². The maximum atomic E-state index is 12.1. The Bertz CT molecular complexity index is 671. The van der Waals surface area contributed by atoms with Gasteiger partial charge >= 0.3 is 0 Å². The molecule has 0 aliphatic carbocycles. The van der Waals surface area contributed by atoms with Crippen molar-refractivity contribution >= 4 is 32.5 Å². The van der Waals surface area contributed by atoms with E-state index in [1.165, 1.54) is 22.9 Å². The normalized spacial score (nSPS) is 10.8. The van der Waals surface area contributed by atoms with E-state index in [2.05, 4.69) is 26.2 Å². The second-order valence-corrected chi connectivity index (χ2v) is 4.77. The Kier molecular flexibility index (Phi) is 4.20. The second-order valence-electron chi connectivity index (χ2n) is 3.97. The third kappa shape index (κ3) is 2.95. The van der Waals surface area contributed by atoms with E-state index in [4.69, 9.17) is 0 Å². The average Bonchev–Trinajstić information content (AvgIpc) is 2.41. The number of rotatable bonds is 5. The van der Waals surface area contributed by atoms with Crippen LogP contribution in [-0.4, -0.2) is 25.2 Å². The maximum absolute atomic E-state index is 12.1. The first kappa shape index (κ1) is 13.6. The summed E-state index contributed by atoms with van der Waals surface area (Å²) in [4.78, 5) is 22.2. The zero-order valence-electron chi connectivity index (χ0n) is 9.95. The third-order valence-corrected chi connectivity index (χ3v) is 3.23. The number of aryl methyl sites for hydroxylation is 1. The van der Waals surface area contributed by atoms with E-state index >= 15 is 0 Å². The molecular weight excluding hydrogens is 316 g/mol. The molecule has 100 valence electrons. The van der Waals surface area contributed by atoms with Crippen molar-refractivity contribution in [3.05, 3.63) is 38.7 Å². The van der Waals surface area contributed by atoms with Gasteiger partial charge in [-0.2, -0.15) is 0 Å². The Labute approximate surface area is 116 Å². The highest BCUT2D eigenvalue weighted by molar-refractivity contribution is 9.09. The molecule has 0 spiro atoms. The molecule has 1 heterocycles. The molecule has 2 rings (SSSR count). The van der Waals surface area contributed by atoms with Crippen molar-refractivity contribution in [2.45, 2.75) is 19.4 Å². The topological polar surface area (TPSA) is 90.9 Å². The number of nitro benzene ring substituents is 1. The quantitative estimate of drug-likeness (QED) is 0.362. The lowest BCUT2D eigenvalue weighted by molar-refractivity contribution is -0.384. The molecule has 0 bridgehead atoms. The van der Waals surface area contributed by atoms with Gasteiger partial charge in [0.25, 0.3) is 11.2 Å². The second kappa shape index (κ2) is 5.87. The van der Waals surface area contributed by atoms with Crippen LogP contribution in [0.4, 0.5) is 5.69 Å². The van der Waals surface area contributed by atoms with Gasteiger partial charge in [0.15, 0.2) is 0 Å². The van der Waals surface area contributed by atoms with Gasteiger partial charge in [-0.25, -0.2) is 4.68 Å². The monoisotopic (exact) mass is 326 g/mol. The van der Waals surface area contributed by atoms with Gasteiger partial charge in [-0.3, -0.25) is 14.9 Å². The Morgan fingerprint density at radius 2 is 2.16 bits per heavy atom. The standard InChI is InChI=1S/C11H11BrN4O3/c12-5-1-2-6-15-11(17)9-4-3-8(16(18)19)7-10(9)13-14-15/h3-4,7H,1-2,5-6H2. The molecule has 7 nitrogen and oxygen atoms in total. The molecular formula is C11H11BrN4O3. The van der Waals surface area contributed by atoms with Crippen LogP contribution in [0.1, 0.15) is 12.8 Å². The summed E-state index contributed by atoms with van der Waals surface area (Å²) >= 11 is 3.32. The van der Waals surface area contributed by atoms with Gasteiger partial charge in [0.05, 0.1) is 10.3 Å². The smallest absolute Gasteiger partial charge is 0.267 e. The van der Waals surface area contributed by atoms with E-state index in [-0.39, 0.29) is 16.8 Å². The number of unbranched alkanes of at least 4 members (excludes halogenated alkanes) is 1. The summed E-state index contributed by atoms with van der Waals surface area (Å²) in [6.45, 7) is 0.490. The fourth-order valence-corrected chi connectivity index (χ4v) is 2.08. The van der Waals surface area contributed by atoms with Crippen LogP contribution in [-0.2, 0) is 6.54 Å². The highest BCUT2D eigenvalue weighted by Gasteiger charge is 2.11. The molecule has 19 heavy (non-hydrogen) atoms. The molecule has 0 amide bonds. The summed E-state index contributed by atoms with van der Waals surface area (Å²) in [6.07, 6.45) is 1.75. The minimum absolute atomic E-state index is 0.0989. The minimum atomic E-state index is -0.525. The van der Waals surface area contributed by atoms with Crippen molar-refractivity contribution < 1.29 is 4.92 Å². The highest BCUT2D eigenvalue weighted by atomic mass is 79.9. The number of nitrogens with zero attached hydrogens (tertiary/aromatic N) is 4. The van der Waals surface area contributed by atoms with E-state index in [0.717, 1.165) is 18.2 Å². The maximum Gasteiger partial charge on any atom is 0.277 e. The van der Waals surface area contributed by atoms with Crippen molar-refractivity contribution in [2.75, 3.05) is 5.33 Å². The van der Waals surface area contributed by atoms with Crippen LogP contribution in [0.3, 0.4) is 0 Å². The molecule has 0 saturated carbocycles. The largest absolute Gasteiger partial charge is 0.277 e. The van der Waals surface area contributed by atoms with E-state index in [0.29, 0.717) is 11.9 Å². The first-order valence-corrected chi connectivity index (χ1v) is 6.83. The predicted octanol–water partition coefficient (Wildman–Crippen LogP) is 1.87. The van der Waals surface area contributed by atoms with Gasteiger partial charge in [-0.1, -0.05) is 21.1 Å². The lowest BCUT2D eigenvalue weighted by atomic mass is 10.2. The number of benzene rings is 1. The summed E-state index contributed by atoms with van der Waals surface area (Å²) in [6, 6.07) is 3.98. The summed E-state index contributed by atoms with van der Waals surface area (Å²) in [5.41, 5.74) is -0.122. The first-order chi connectivity index (χ1) is 9.13. The molecule has 2 aromatic rings. The fraction of sp³-hybridized carbons (Fsp3) is 0.364. The number of hydrogen-bond acceptors (Lipinski definition) is 5. The number of nitro groups is 1. The van der Waals surface area contributed by atoms with Crippen LogP contribution >= 0.6 is 15.9 Å². The van der Waals surface area contributed by atoms with Crippen molar-refractivity contribution in [3.8, 4) is 0 Å². The summed E-state index contributed by atoms with van der Waals surface area (Å²) in [5, 5.41) is 19.5. The lowest BCUT2D eigenvalue weighted by Gasteiger charge is -2.03. The predicted molar refractivity (Wildman–Crippen MR) is 73.5 cm³/mol. The third-order valence-electron chi connectivity index (χ3n) is 2.67. The molecule has 0 fully saturated rings. The summed E-state index contributed by atoms with van der Waals surface area (Å²) in [7, 11) is 0. The number of fused-ring (bicyclic) bond motifs is 1. The van der Waals surface area contributed by atoms with E-state index < -0.39 is 4.92 Å². The van der Waals surface area contributed by atoms with Gasteiger partial charge in [0, 0.05) is 24.0 Å². The van der Waals surface area contributed by atoms with Crippen molar-refractivity contribution in [2.24, 2.45) is 0 Å². The van der Waals surface area contributed by atoms with Gasteiger partial charge in [0.2, 0.25) is 0 Å². The van der Waals surface area contributed by atoms with Crippen LogP contribution in [0, 0.1) is 10.1 Å². The van der Waals surface area contributed by atoms with Crippen LogP contribution < -0.4 is 5.56 Å². The van der Waals surface area contributed by atoms with E-state index in [9.17, 15) is 14.9 Å². The molecule has 0 atom stereocenters. The highest BCUT2D eigenvalue weighted by Crippen LogP contribution is 2.15. The molecule has 0 unspecified atom stereocenters. The van der Waals surface area contributed by atoms with E-state index in [1.54, 1.807) is 0 Å². The molecule has 0 aliphatic rings. The lowest BCUT2D eigenvalue weighted by Crippen LogP contribution is -2.24.